The highest BCUT2D eigenvalue weighted by molar-refractivity contribution is 7.89. The second kappa shape index (κ2) is 4.97. The van der Waals surface area contributed by atoms with E-state index in [9.17, 15) is 8.42 Å². The number of rotatable bonds is 4. The molecule has 0 amide bonds. The first kappa shape index (κ1) is 13.8. The van der Waals surface area contributed by atoms with Crippen molar-refractivity contribution in [1.29, 1.82) is 0 Å². The molecule has 0 aliphatic heterocycles. The number of benzene rings is 1. The van der Waals surface area contributed by atoms with E-state index in [2.05, 4.69) is 19.9 Å². The van der Waals surface area contributed by atoms with Gasteiger partial charge in [0.15, 0.2) is 12.0 Å². The van der Waals surface area contributed by atoms with Gasteiger partial charge in [-0.05, 0) is 31.5 Å². The number of hydrogen-bond acceptors (Lipinski definition) is 5. The second-order valence-corrected chi connectivity index (χ2v) is 6.45. The predicted molar refractivity (Wildman–Crippen MR) is 76.1 cm³/mol. The third kappa shape index (κ3) is 2.55. The summed E-state index contributed by atoms with van der Waals surface area (Å²) in [4.78, 5) is 4.21. The summed E-state index contributed by atoms with van der Waals surface area (Å²) >= 11 is 0. The maximum absolute atomic E-state index is 12.3. The lowest BCUT2D eigenvalue weighted by Gasteiger charge is -2.07. The zero-order chi connectivity index (χ0) is 15.0. The molecule has 0 unspecified atom stereocenters. The minimum atomic E-state index is -3.61. The van der Waals surface area contributed by atoms with Crippen molar-refractivity contribution in [2.24, 2.45) is 0 Å². The monoisotopic (exact) mass is 306 g/mol. The molecule has 2 aromatic heterocycles. The van der Waals surface area contributed by atoms with E-state index in [-0.39, 0.29) is 11.4 Å². The Morgan fingerprint density at radius 3 is 2.86 bits per heavy atom. The molecular weight excluding hydrogens is 292 g/mol. The van der Waals surface area contributed by atoms with Gasteiger partial charge in [-0.15, -0.1) is 0 Å². The van der Waals surface area contributed by atoms with E-state index in [0.29, 0.717) is 17.0 Å². The van der Waals surface area contributed by atoms with E-state index in [1.54, 1.807) is 26.0 Å². The summed E-state index contributed by atoms with van der Waals surface area (Å²) < 4.78 is 32.4. The van der Waals surface area contributed by atoms with Crippen molar-refractivity contribution < 1.29 is 12.8 Å². The first-order valence-electron chi connectivity index (χ1n) is 6.31. The molecule has 1 aromatic carbocycles. The predicted octanol–water partition coefficient (Wildman–Crippen LogP) is 1.65. The van der Waals surface area contributed by atoms with Gasteiger partial charge in [0.05, 0.1) is 11.4 Å². The third-order valence-electron chi connectivity index (χ3n) is 3.19. The standard InChI is InChI=1S/C13H14N4O3S/c1-8-13(9(2)17-16-8)21(18,19)15-6-10-3-4-11-12(5-10)20-7-14-11/h3-5,7,15H,6H2,1-2H3,(H,16,17). The van der Waals surface area contributed by atoms with Crippen molar-refractivity contribution in [3.05, 3.63) is 41.5 Å². The molecule has 2 heterocycles. The zero-order valence-electron chi connectivity index (χ0n) is 11.5. The molecule has 0 spiro atoms. The van der Waals surface area contributed by atoms with E-state index >= 15 is 0 Å². The molecule has 2 N–H and O–H groups in total. The molecule has 3 aromatic rings. The van der Waals surface area contributed by atoms with E-state index in [1.807, 2.05) is 6.07 Å². The first-order valence-corrected chi connectivity index (χ1v) is 7.79. The van der Waals surface area contributed by atoms with E-state index < -0.39 is 10.0 Å². The smallest absolute Gasteiger partial charge is 0.244 e. The molecule has 0 aliphatic carbocycles. The zero-order valence-corrected chi connectivity index (χ0v) is 12.4. The lowest BCUT2D eigenvalue weighted by Crippen LogP contribution is -2.24. The van der Waals surface area contributed by atoms with Crippen molar-refractivity contribution in [1.82, 2.24) is 19.9 Å². The number of hydrogen-bond donors (Lipinski definition) is 2. The molecule has 0 fully saturated rings. The molecule has 0 saturated carbocycles. The normalized spacial score (nSPS) is 12.1. The van der Waals surface area contributed by atoms with Gasteiger partial charge in [-0.3, -0.25) is 5.10 Å². The fourth-order valence-corrected chi connectivity index (χ4v) is 3.58. The molecule has 0 radical (unpaired) electrons. The van der Waals surface area contributed by atoms with E-state index in [1.165, 1.54) is 6.39 Å². The first-order chi connectivity index (χ1) is 9.97. The van der Waals surface area contributed by atoms with Crippen LogP contribution in [0, 0.1) is 13.8 Å². The van der Waals surface area contributed by atoms with Crippen LogP contribution in [0.4, 0.5) is 0 Å². The number of fused-ring (bicyclic) bond motifs is 1. The molecule has 0 saturated heterocycles. The molecular formula is C13H14N4O3S. The van der Waals surface area contributed by atoms with Crippen LogP contribution >= 0.6 is 0 Å². The van der Waals surface area contributed by atoms with Crippen LogP contribution in [-0.2, 0) is 16.6 Å². The number of nitrogens with zero attached hydrogens (tertiary/aromatic N) is 2. The maximum atomic E-state index is 12.3. The fourth-order valence-electron chi connectivity index (χ4n) is 2.20. The quantitative estimate of drug-likeness (QED) is 0.763. The lowest BCUT2D eigenvalue weighted by atomic mass is 10.2. The Morgan fingerprint density at radius 1 is 1.33 bits per heavy atom. The van der Waals surface area contributed by atoms with Crippen molar-refractivity contribution in [2.45, 2.75) is 25.3 Å². The second-order valence-electron chi connectivity index (χ2n) is 4.74. The van der Waals surface area contributed by atoms with Crippen LogP contribution in [0.2, 0.25) is 0 Å². The van der Waals surface area contributed by atoms with Gasteiger partial charge in [0.2, 0.25) is 10.0 Å². The molecule has 21 heavy (non-hydrogen) atoms. The molecule has 0 aliphatic rings. The van der Waals surface area contributed by atoms with Crippen LogP contribution in [0.5, 0.6) is 0 Å². The Bertz CT molecular complexity index is 876. The van der Waals surface area contributed by atoms with Gasteiger partial charge in [0.25, 0.3) is 0 Å². The van der Waals surface area contributed by atoms with E-state index in [0.717, 1.165) is 11.1 Å². The Balaban J connectivity index is 1.83. The Kier molecular flexibility index (Phi) is 3.26. The summed E-state index contributed by atoms with van der Waals surface area (Å²) in [5.74, 6) is 0. The molecule has 7 nitrogen and oxygen atoms in total. The summed E-state index contributed by atoms with van der Waals surface area (Å²) in [5.41, 5.74) is 3.13. The maximum Gasteiger partial charge on any atom is 0.244 e. The van der Waals surface area contributed by atoms with Gasteiger partial charge < -0.3 is 4.42 Å². The minimum absolute atomic E-state index is 0.170. The van der Waals surface area contributed by atoms with Crippen molar-refractivity contribution >= 4 is 21.1 Å². The van der Waals surface area contributed by atoms with Gasteiger partial charge in [-0.25, -0.2) is 18.1 Å². The third-order valence-corrected chi connectivity index (χ3v) is 4.85. The summed E-state index contributed by atoms with van der Waals surface area (Å²) in [6.07, 6.45) is 1.36. The van der Waals surface area contributed by atoms with Crippen LogP contribution < -0.4 is 4.72 Å². The highest BCUT2D eigenvalue weighted by Crippen LogP contribution is 2.18. The number of nitrogens with one attached hydrogen (secondary N) is 2. The van der Waals surface area contributed by atoms with Crippen LogP contribution in [0.3, 0.4) is 0 Å². The van der Waals surface area contributed by atoms with Gasteiger partial charge in [-0.1, -0.05) is 6.07 Å². The van der Waals surface area contributed by atoms with Crippen LogP contribution in [0.25, 0.3) is 11.1 Å². The van der Waals surface area contributed by atoms with Crippen molar-refractivity contribution in [2.75, 3.05) is 0 Å². The van der Waals surface area contributed by atoms with Crippen LogP contribution in [0.1, 0.15) is 17.0 Å². The lowest BCUT2D eigenvalue weighted by molar-refractivity contribution is 0.579. The number of H-pyrrole nitrogens is 1. The van der Waals surface area contributed by atoms with Crippen molar-refractivity contribution in [3.63, 3.8) is 0 Å². The Hall–Kier alpha value is -2.19. The number of aromatic nitrogens is 3. The summed E-state index contributed by atoms with van der Waals surface area (Å²) in [7, 11) is -3.61. The number of sulfonamides is 1. The van der Waals surface area contributed by atoms with Gasteiger partial charge in [0.1, 0.15) is 10.4 Å². The minimum Gasteiger partial charge on any atom is -0.443 e. The highest BCUT2D eigenvalue weighted by Gasteiger charge is 2.21. The fraction of sp³-hybridized carbons (Fsp3) is 0.231. The summed E-state index contributed by atoms with van der Waals surface area (Å²) in [5, 5.41) is 6.57. The largest absolute Gasteiger partial charge is 0.443 e. The Morgan fingerprint density at radius 2 is 2.14 bits per heavy atom. The average molecular weight is 306 g/mol. The molecule has 0 bridgehead atoms. The summed E-state index contributed by atoms with van der Waals surface area (Å²) in [6.45, 7) is 3.50. The number of aromatic amines is 1. The Labute approximate surface area is 121 Å². The number of aryl methyl sites for hydroxylation is 2. The number of oxazole rings is 1. The van der Waals surface area contributed by atoms with Gasteiger partial charge >= 0.3 is 0 Å². The molecule has 0 atom stereocenters. The van der Waals surface area contributed by atoms with Gasteiger partial charge in [-0.2, -0.15) is 5.10 Å². The molecule has 110 valence electrons. The molecule has 8 heteroatoms. The molecule has 3 rings (SSSR count). The summed E-state index contributed by atoms with van der Waals surface area (Å²) in [6, 6.07) is 5.36. The highest BCUT2D eigenvalue weighted by atomic mass is 32.2. The SMILES string of the molecule is Cc1n[nH]c(C)c1S(=O)(=O)NCc1ccc2ncoc2c1. The topological polar surface area (TPSA) is 101 Å². The van der Waals surface area contributed by atoms with E-state index in [4.69, 9.17) is 4.42 Å². The van der Waals surface area contributed by atoms with Gasteiger partial charge in [0, 0.05) is 6.54 Å². The van der Waals surface area contributed by atoms with Crippen LogP contribution in [0.15, 0.2) is 33.9 Å². The van der Waals surface area contributed by atoms with Crippen molar-refractivity contribution in [3.8, 4) is 0 Å². The van der Waals surface area contributed by atoms with Crippen LogP contribution in [-0.4, -0.2) is 23.6 Å². The average Bonchev–Trinajstić information content (AvgIpc) is 3.02.